The van der Waals surface area contributed by atoms with Gasteiger partial charge in [-0.2, -0.15) is 0 Å². The Morgan fingerprint density at radius 1 is 1.11 bits per heavy atom. The van der Waals surface area contributed by atoms with Crippen molar-refractivity contribution in [2.24, 2.45) is 0 Å². The van der Waals surface area contributed by atoms with Gasteiger partial charge in [-0.05, 0) is 31.9 Å². The fourth-order valence-corrected chi connectivity index (χ4v) is 3.45. The summed E-state index contributed by atoms with van der Waals surface area (Å²) < 4.78 is 40.3. The molecule has 1 N–H and O–H groups in total. The van der Waals surface area contributed by atoms with Crippen LogP contribution in [0.15, 0.2) is 12.1 Å². The van der Waals surface area contributed by atoms with Crippen molar-refractivity contribution < 1.29 is 18.3 Å². The highest BCUT2D eigenvalue weighted by molar-refractivity contribution is 5.30. The maximum absolute atomic E-state index is 13.9. The normalized spacial score (nSPS) is 31.5. The molecule has 2 atom stereocenters. The summed E-state index contributed by atoms with van der Waals surface area (Å²) in [6.45, 7) is 1.54. The van der Waals surface area contributed by atoms with E-state index in [2.05, 4.69) is 4.90 Å². The zero-order chi connectivity index (χ0) is 13.6. The number of rotatable bonds is 1. The van der Waals surface area contributed by atoms with Gasteiger partial charge in [-0.15, -0.1) is 0 Å². The monoisotopic (exact) mass is 271 g/mol. The number of fused-ring (bicyclic) bond motifs is 1. The summed E-state index contributed by atoms with van der Waals surface area (Å²) in [4.78, 5) is 2.12. The van der Waals surface area contributed by atoms with Gasteiger partial charge in [0, 0.05) is 18.2 Å². The van der Waals surface area contributed by atoms with Crippen LogP contribution in [0.25, 0.3) is 0 Å². The molecule has 0 saturated carbocycles. The summed E-state index contributed by atoms with van der Waals surface area (Å²) in [6.07, 6.45) is 3.15. The van der Waals surface area contributed by atoms with Crippen LogP contribution in [0.5, 0.6) is 0 Å². The second-order valence-electron chi connectivity index (χ2n) is 5.44. The summed E-state index contributed by atoms with van der Waals surface area (Å²) in [5.74, 6) is -3.97. The molecule has 5 heteroatoms. The first-order valence-corrected chi connectivity index (χ1v) is 6.64. The second kappa shape index (κ2) is 4.49. The van der Waals surface area contributed by atoms with Crippen LogP contribution < -0.4 is 0 Å². The van der Waals surface area contributed by atoms with Crippen molar-refractivity contribution in [2.75, 3.05) is 13.1 Å². The van der Waals surface area contributed by atoms with Gasteiger partial charge in [0.1, 0.15) is 5.60 Å². The summed E-state index contributed by atoms with van der Waals surface area (Å²) in [6, 6.07) is 1.86. The van der Waals surface area contributed by atoms with Gasteiger partial charge in [-0.1, -0.05) is 12.5 Å². The van der Waals surface area contributed by atoms with E-state index < -0.39 is 23.1 Å². The van der Waals surface area contributed by atoms with Gasteiger partial charge in [0.25, 0.3) is 0 Å². The van der Waals surface area contributed by atoms with Gasteiger partial charge in [-0.25, -0.2) is 13.2 Å². The molecular formula is C14H16F3NO. The Balaban J connectivity index is 2.03. The maximum atomic E-state index is 13.9. The third-order valence-electron chi connectivity index (χ3n) is 4.45. The first kappa shape index (κ1) is 12.9. The lowest BCUT2D eigenvalue weighted by Gasteiger charge is -2.37. The molecule has 0 aromatic heterocycles. The topological polar surface area (TPSA) is 23.5 Å². The fraction of sp³-hybridized carbons (Fsp3) is 0.571. The van der Waals surface area contributed by atoms with Gasteiger partial charge < -0.3 is 5.11 Å². The van der Waals surface area contributed by atoms with Crippen LogP contribution in [0.3, 0.4) is 0 Å². The van der Waals surface area contributed by atoms with Crippen molar-refractivity contribution in [1.82, 2.24) is 4.90 Å². The average Bonchev–Trinajstić information content (AvgIpc) is 2.75. The quantitative estimate of drug-likeness (QED) is 0.793. The van der Waals surface area contributed by atoms with E-state index in [1.54, 1.807) is 0 Å². The predicted octanol–water partition coefficient (Wildman–Crippen LogP) is 2.55. The third-order valence-corrected chi connectivity index (χ3v) is 4.45. The van der Waals surface area contributed by atoms with Crippen molar-refractivity contribution in [2.45, 2.75) is 37.3 Å². The first-order chi connectivity index (χ1) is 9.04. The van der Waals surface area contributed by atoms with E-state index in [1.807, 2.05) is 0 Å². The molecule has 104 valence electrons. The van der Waals surface area contributed by atoms with Gasteiger partial charge in [-0.3, -0.25) is 4.90 Å². The number of nitrogens with zero attached hydrogens (tertiary/aromatic N) is 1. The average molecular weight is 271 g/mol. The minimum atomic E-state index is -1.50. The molecule has 0 aliphatic carbocycles. The Morgan fingerprint density at radius 2 is 1.89 bits per heavy atom. The molecule has 0 bridgehead atoms. The van der Waals surface area contributed by atoms with Gasteiger partial charge >= 0.3 is 0 Å². The van der Waals surface area contributed by atoms with Crippen LogP contribution >= 0.6 is 0 Å². The van der Waals surface area contributed by atoms with Crippen LogP contribution in [0.1, 0.15) is 31.2 Å². The van der Waals surface area contributed by atoms with Crippen molar-refractivity contribution >= 4 is 0 Å². The van der Waals surface area contributed by atoms with Crippen LogP contribution in [0, 0.1) is 17.5 Å². The summed E-state index contributed by atoms with van der Waals surface area (Å²) in [7, 11) is 0. The van der Waals surface area contributed by atoms with E-state index in [9.17, 15) is 18.3 Å². The lowest BCUT2D eigenvalue weighted by atomic mass is 9.82. The van der Waals surface area contributed by atoms with E-state index in [0.29, 0.717) is 13.0 Å². The zero-order valence-electron chi connectivity index (χ0n) is 10.5. The molecule has 2 nitrogen and oxygen atoms in total. The Bertz CT molecular complexity index is 508. The molecule has 19 heavy (non-hydrogen) atoms. The van der Waals surface area contributed by atoms with Crippen molar-refractivity contribution in [3.05, 3.63) is 35.1 Å². The SMILES string of the molecule is OC1(c2ccc(F)c(F)c2F)CCN2CCCCC21. The minimum absolute atomic E-state index is 0.110. The second-order valence-corrected chi connectivity index (χ2v) is 5.44. The molecule has 2 unspecified atom stereocenters. The summed E-state index contributed by atoms with van der Waals surface area (Å²) in [5, 5.41) is 10.8. The molecule has 3 rings (SSSR count). The van der Waals surface area contributed by atoms with E-state index in [0.717, 1.165) is 31.9 Å². The minimum Gasteiger partial charge on any atom is -0.383 e. The number of piperidine rings is 1. The summed E-state index contributed by atoms with van der Waals surface area (Å²) in [5.41, 5.74) is -1.51. The van der Waals surface area contributed by atoms with E-state index in [4.69, 9.17) is 0 Å². The van der Waals surface area contributed by atoms with E-state index in [-0.39, 0.29) is 11.6 Å². The zero-order valence-corrected chi connectivity index (χ0v) is 10.5. The Kier molecular flexibility index (Phi) is 3.06. The molecule has 2 saturated heterocycles. The molecule has 0 spiro atoms. The highest BCUT2D eigenvalue weighted by Crippen LogP contribution is 2.43. The predicted molar refractivity (Wildman–Crippen MR) is 64.0 cm³/mol. The first-order valence-electron chi connectivity index (χ1n) is 6.64. The molecule has 2 fully saturated rings. The van der Waals surface area contributed by atoms with Crippen LogP contribution in [-0.4, -0.2) is 29.1 Å². The highest BCUT2D eigenvalue weighted by atomic mass is 19.2. The number of halogens is 3. The summed E-state index contributed by atoms with van der Waals surface area (Å²) >= 11 is 0. The van der Waals surface area contributed by atoms with Gasteiger partial charge in [0.2, 0.25) is 0 Å². The van der Waals surface area contributed by atoms with Gasteiger partial charge in [0.05, 0.1) is 0 Å². The van der Waals surface area contributed by atoms with Crippen LogP contribution in [-0.2, 0) is 5.60 Å². The Labute approximate surface area is 109 Å². The van der Waals surface area contributed by atoms with E-state index >= 15 is 0 Å². The molecule has 0 amide bonds. The molecular weight excluding hydrogens is 255 g/mol. The molecule has 1 aromatic carbocycles. The standard InChI is InChI=1S/C14H16F3NO/c15-10-5-4-9(12(16)13(10)17)14(19)6-8-18-7-2-1-3-11(14)18/h4-5,11,19H,1-3,6-8H2. The Hall–Kier alpha value is -1.07. The number of hydrogen-bond donors (Lipinski definition) is 1. The number of benzene rings is 1. The van der Waals surface area contributed by atoms with Crippen LogP contribution in [0.4, 0.5) is 13.2 Å². The maximum Gasteiger partial charge on any atom is 0.194 e. The van der Waals surface area contributed by atoms with Crippen LogP contribution in [0.2, 0.25) is 0 Å². The van der Waals surface area contributed by atoms with Crippen molar-refractivity contribution in [3.63, 3.8) is 0 Å². The third kappa shape index (κ3) is 1.87. The van der Waals surface area contributed by atoms with E-state index in [1.165, 1.54) is 6.07 Å². The highest BCUT2D eigenvalue weighted by Gasteiger charge is 2.49. The molecule has 2 heterocycles. The molecule has 0 radical (unpaired) electrons. The molecule has 2 aliphatic rings. The van der Waals surface area contributed by atoms with Crippen molar-refractivity contribution in [1.29, 1.82) is 0 Å². The lowest BCUT2D eigenvalue weighted by molar-refractivity contribution is -0.0170. The number of aliphatic hydroxyl groups is 1. The Morgan fingerprint density at radius 3 is 2.68 bits per heavy atom. The smallest absolute Gasteiger partial charge is 0.194 e. The number of hydrogen-bond acceptors (Lipinski definition) is 2. The lowest BCUT2D eigenvalue weighted by Crippen LogP contribution is -2.45. The molecule has 1 aromatic rings. The fourth-order valence-electron chi connectivity index (χ4n) is 3.45. The van der Waals surface area contributed by atoms with Crippen molar-refractivity contribution in [3.8, 4) is 0 Å². The largest absolute Gasteiger partial charge is 0.383 e. The van der Waals surface area contributed by atoms with Gasteiger partial charge in [0.15, 0.2) is 17.5 Å². The molecule has 2 aliphatic heterocycles.